The van der Waals surface area contributed by atoms with Crippen molar-refractivity contribution in [1.82, 2.24) is 0 Å². The summed E-state index contributed by atoms with van der Waals surface area (Å²) in [6.07, 6.45) is 0.576. The molecule has 0 aliphatic carbocycles. The first-order valence-corrected chi connectivity index (χ1v) is 6.35. The number of anilines is 1. The molecule has 21 heavy (non-hydrogen) atoms. The highest BCUT2D eigenvalue weighted by Gasteiger charge is 2.47. The Morgan fingerprint density at radius 2 is 2.05 bits per heavy atom. The molecule has 0 N–H and O–H groups in total. The zero-order chi connectivity index (χ0) is 15.8. The number of nitrogens with zero attached hydrogens (tertiary/aromatic N) is 2. The molecule has 0 bridgehead atoms. The van der Waals surface area contributed by atoms with Crippen molar-refractivity contribution in [3.63, 3.8) is 0 Å². The third-order valence-corrected chi connectivity index (χ3v) is 3.65. The predicted molar refractivity (Wildman–Crippen MR) is 73.5 cm³/mol. The van der Waals surface area contributed by atoms with E-state index in [0.717, 1.165) is 4.90 Å². The number of hydrogen-bond acceptors (Lipinski definition) is 5. The quantitative estimate of drug-likeness (QED) is 0.364. The molecule has 0 aromatic heterocycles. The van der Waals surface area contributed by atoms with E-state index in [0.29, 0.717) is 6.29 Å². The second-order valence-corrected chi connectivity index (χ2v) is 5.54. The number of carbonyl (C=O) groups is 3. The van der Waals surface area contributed by atoms with E-state index in [1.807, 2.05) is 0 Å². The Bertz CT molecular complexity index is 638. The standard InChI is InChI=1S/C14H14N2O5/c1-14(2,8-17)11-7-12(18)15(13(11)19)9-4-3-5-10(6-9)16(20)21/h3-6,8,11H,7H2,1-2H3/t11-/m0/s1. The molecular weight excluding hydrogens is 276 g/mol. The normalized spacial score (nSPS) is 19.0. The minimum absolute atomic E-state index is 0.0761. The number of rotatable bonds is 4. The molecule has 2 rings (SSSR count). The van der Waals surface area contributed by atoms with Gasteiger partial charge in [-0.25, -0.2) is 0 Å². The zero-order valence-corrected chi connectivity index (χ0v) is 11.6. The fraction of sp³-hybridized carbons (Fsp3) is 0.357. The predicted octanol–water partition coefficient (Wildman–Crippen LogP) is 1.70. The van der Waals surface area contributed by atoms with Crippen LogP contribution in [0.1, 0.15) is 20.3 Å². The van der Waals surface area contributed by atoms with Crippen molar-refractivity contribution >= 4 is 29.5 Å². The topological polar surface area (TPSA) is 97.6 Å². The van der Waals surface area contributed by atoms with Gasteiger partial charge in [-0.05, 0) is 6.07 Å². The molecule has 1 heterocycles. The first kappa shape index (κ1) is 14.8. The summed E-state index contributed by atoms with van der Waals surface area (Å²) in [5, 5.41) is 10.8. The first-order valence-electron chi connectivity index (χ1n) is 6.35. The van der Waals surface area contributed by atoms with Crippen LogP contribution < -0.4 is 4.90 Å². The monoisotopic (exact) mass is 290 g/mol. The van der Waals surface area contributed by atoms with Gasteiger partial charge in [0.2, 0.25) is 11.8 Å². The number of aldehydes is 1. The summed E-state index contributed by atoms with van der Waals surface area (Å²) in [7, 11) is 0. The third-order valence-electron chi connectivity index (χ3n) is 3.65. The van der Waals surface area contributed by atoms with Gasteiger partial charge in [0.05, 0.1) is 16.5 Å². The van der Waals surface area contributed by atoms with E-state index in [1.54, 1.807) is 13.8 Å². The van der Waals surface area contributed by atoms with Crippen molar-refractivity contribution in [3.8, 4) is 0 Å². The van der Waals surface area contributed by atoms with E-state index in [2.05, 4.69) is 0 Å². The largest absolute Gasteiger partial charge is 0.303 e. The number of imide groups is 1. The van der Waals surface area contributed by atoms with Crippen LogP contribution in [0.2, 0.25) is 0 Å². The van der Waals surface area contributed by atoms with Crippen molar-refractivity contribution in [1.29, 1.82) is 0 Å². The van der Waals surface area contributed by atoms with Crippen molar-refractivity contribution in [2.45, 2.75) is 20.3 Å². The van der Waals surface area contributed by atoms with Crippen LogP contribution in [0.5, 0.6) is 0 Å². The molecule has 1 aliphatic rings. The molecule has 0 radical (unpaired) electrons. The second-order valence-electron chi connectivity index (χ2n) is 5.54. The van der Waals surface area contributed by atoms with E-state index in [-0.39, 0.29) is 17.8 Å². The number of carbonyl (C=O) groups excluding carboxylic acids is 3. The third kappa shape index (κ3) is 2.54. The van der Waals surface area contributed by atoms with Crippen molar-refractivity contribution < 1.29 is 19.3 Å². The molecule has 110 valence electrons. The minimum Gasteiger partial charge on any atom is -0.303 e. The van der Waals surface area contributed by atoms with E-state index in [1.165, 1.54) is 24.3 Å². The van der Waals surface area contributed by atoms with Crippen LogP contribution in [0.4, 0.5) is 11.4 Å². The van der Waals surface area contributed by atoms with E-state index in [9.17, 15) is 24.5 Å². The fourth-order valence-corrected chi connectivity index (χ4v) is 2.31. The molecule has 1 aliphatic heterocycles. The smallest absolute Gasteiger partial charge is 0.271 e. The Balaban J connectivity index is 2.39. The summed E-state index contributed by atoms with van der Waals surface area (Å²) < 4.78 is 0. The minimum atomic E-state index is -0.956. The lowest BCUT2D eigenvalue weighted by Gasteiger charge is -2.23. The summed E-state index contributed by atoms with van der Waals surface area (Å²) in [5.41, 5.74) is -1.00. The van der Waals surface area contributed by atoms with Crippen LogP contribution in [0, 0.1) is 21.4 Å². The number of amides is 2. The molecular formula is C14H14N2O5. The van der Waals surface area contributed by atoms with Crippen molar-refractivity contribution in [3.05, 3.63) is 34.4 Å². The van der Waals surface area contributed by atoms with Gasteiger partial charge in [0.15, 0.2) is 0 Å². The first-order chi connectivity index (χ1) is 9.77. The Hall–Kier alpha value is -2.57. The van der Waals surface area contributed by atoms with Crippen LogP contribution in [0.3, 0.4) is 0 Å². The summed E-state index contributed by atoms with van der Waals surface area (Å²) in [5.74, 6) is -1.71. The molecule has 1 fully saturated rings. The fourth-order valence-electron chi connectivity index (χ4n) is 2.31. The Morgan fingerprint density at radius 1 is 1.38 bits per heavy atom. The average molecular weight is 290 g/mol. The molecule has 0 saturated carbocycles. The number of benzene rings is 1. The van der Waals surface area contributed by atoms with Crippen molar-refractivity contribution in [2.24, 2.45) is 11.3 Å². The summed E-state index contributed by atoms with van der Waals surface area (Å²) in [6.45, 7) is 3.18. The van der Waals surface area contributed by atoms with Gasteiger partial charge >= 0.3 is 0 Å². The lowest BCUT2D eigenvalue weighted by atomic mass is 9.79. The van der Waals surface area contributed by atoms with Crippen LogP contribution in [0.15, 0.2) is 24.3 Å². The number of hydrogen-bond donors (Lipinski definition) is 0. The summed E-state index contributed by atoms with van der Waals surface area (Å²) in [4.78, 5) is 46.6. The lowest BCUT2D eigenvalue weighted by molar-refractivity contribution is -0.384. The molecule has 1 saturated heterocycles. The SMILES string of the molecule is CC(C)(C=O)[C@H]1CC(=O)N(c2cccc([N+](=O)[O-])c2)C1=O. The molecule has 7 nitrogen and oxygen atoms in total. The summed E-state index contributed by atoms with van der Waals surface area (Å²) in [6, 6.07) is 5.32. The van der Waals surface area contributed by atoms with Gasteiger partial charge in [-0.2, -0.15) is 0 Å². The van der Waals surface area contributed by atoms with Gasteiger partial charge < -0.3 is 4.79 Å². The number of non-ortho nitro benzene ring substituents is 1. The Morgan fingerprint density at radius 3 is 2.62 bits per heavy atom. The average Bonchev–Trinajstić information content (AvgIpc) is 2.75. The van der Waals surface area contributed by atoms with Crippen LogP contribution in [-0.2, 0) is 14.4 Å². The highest BCUT2D eigenvalue weighted by Crippen LogP contribution is 2.37. The van der Waals surface area contributed by atoms with Gasteiger partial charge in [-0.1, -0.05) is 19.9 Å². The number of nitro benzene ring substituents is 1. The Labute approximate surface area is 120 Å². The maximum atomic E-state index is 12.4. The molecule has 1 atom stereocenters. The summed E-state index contributed by atoms with van der Waals surface area (Å²) >= 11 is 0. The van der Waals surface area contributed by atoms with Gasteiger partial charge in [0, 0.05) is 24.0 Å². The lowest BCUT2D eigenvalue weighted by Crippen LogP contribution is -2.35. The van der Waals surface area contributed by atoms with E-state index < -0.39 is 28.1 Å². The van der Waals surface area contributed by atoms with Crippen molar-refractivity contribution in [2.75, 3.05) is 4.90 Å². The Kier molecular flexibility index (Phi) is 3.59. The maximum absolute atomic E-state index is 12.4. The molecule has 2 amide bonds. The van der Waals surface area contributed by atoms with E-state index >= 15 is 0 Å². The molecule has 0 unspecified atom stereocenters. The zero-order valence-electron chi connectivity index (χ0n) is 11.6. The highest BCUT2D eigenvalue weighted by molar-refractivity contribution is 6.21. The van der Waals surface area contributed by atoms with E-state index in [4.69, 9.17) is 0 Å². The molecule has 0 spiro atoms. The maximum Gasteiger partial charge on any atom is 0.271 e. The molecule has 7 heteroatoms. The van der Waals surface area contributed by atoms with Gasteiger partial charge in [-0.15, -0.1) is 0 Å². The van der Waals surface area contributed by atoms with Gasteiger partial charge in [0.25, 0.3) is 5.69 Å². The van der Waals surface area contributed by atoms with Gasteiger partial charge in [-0.3, -0.25) is 24.6 Å². The van der Waals surface area contributed by atoms with Gasteiger partial charge in [0.1, 0.15) is 6.29 Å². The van der Waals surface area contributed by atoms with Crippen LogP contribution >= 0.6 is 0 Å². The van der Waals surface area contributed by atoms with Crippen LogP contribution in [0.25, 0.3) is 0 Å². The number of nitro groups is 1. The second kappa shape index (κ2) is 5.08. The molecule has 1 aromatic rings. The molecule has 1 aromatic carbocycles. The van der Waals surface area contributed by atoms with Crippen LogP contribution in [-0.4, -0.2) is 23.0 Å². The highest BCUT2D eigenvalue weighted by atomic mass is 16.6.